The molecule has 0 saturated heterocycles. The molecule has 0 bridgehead atoms. The van der Waals surface area contributed by atoms with Gasteiger partial charge in [-0.15, -0.1) is 11.3 Å². The van der Waals surface area contributed by atoms with Crippen LogP contribution in [0.15, 0.2) is 273 Å². The molecular formula is C68H45NS. The molecule has 2 aliphatic carbocycles. The highest BCUT2D eigenvalue weighted by molar-refractivity contribution is 7.25. The quantitative estimate of drug-likeness (QED) is 0.147. The summed E-state index contributed by atoms with van der Waals surface area (Å²) in [5.41, 5.74) is 14.5. The van der Waals surface area contributed by atoms with Crippen LogP contribution in [0.25, 0.3) is 53.6 Å². The first-order chi connectivity index (χ1) is 36.4. The van der Waals surface area contributed by atoms with Gasteiger partial charge in [0.15, 0.2) is 0 Å². The molecule has 70 heavy (non-hydrogen) atoms. The summed E-state index contributed by atoms with van der Waals surface area (Å²) in [7, 11) is 0. The summed E-state index contributed by atoms with van der Waals surface area (Å²) in [6.07, 6.45) is 0. The average Bonchev–Trinajstić information content (AvgIpc) is 4.11. The van der Waals surface area contributed by atoms with Crippen LogP contribution in [0, 0.1) is 0 Å². The summed E-state index contributed by atoms with van der Waals surface area (Å²) in [5.74, 6) is 0. The van der Waals surface area contributed by atoms with Crippen molar-refractivity contribution >= 4 is 48.6 Å². The standard InChI is InChI=1S/C68H45NS/c1-5-19-48(20-6-1)67(49-21-7-2-8-22-49)61-30-16-13-27-55(61)57-40-38-53(44-63(57)67)69(52-36-33-46(34-37-52)47-35-42-66-60(43-47)59-29-15-18-32-65(59)70-66)54-39-41-58-56-28-14-17-31-62(56)68(64(58)45-54,50-23-9-3-10-24-50)51-25-11-4-12-26-51/h1-45H/i33D,34D,36D,37D. The zero-order chi connectivity index (χ0) is 49.7. The molecule has 12 aromatic rings. The number of fused-ring (bicyclic) bond motifs is 9. The smallest absolute Gasteiger partial charge is 0.0714 e. The number of anilines is 3. The van der Waals surface area contributed by atoms with E-state index in [-0.39, 0.29) is 35.4 Å². The molecule has 1 aromatic heterocycles. The monoisotopic (exact) mass is 911 g/mol. The van der Waals surface area contributed by atoms with E-state index < -0.39 is 10.8 Å². The zero-order valence-electron chi connectivity index (χ0n) is 42.0. The lowest BCUT2D eigenvalue weighted by Crippen LogP contribution is -2.29. The molecule has 11 aromatic carbocycles. The Morgan fingerprint density at radius 2 is 0.714 bits per heavy atom. The van der Waals surface area contributed by atoms with Gasteiger partial charge in [-0.1, -0.05) is 218 Å². The SMILES string of the molecule is [2H]c1c([2H])c(N(c2ccc3c(c2)C(c2ccccc2)(c2ccccc2)c2ccccc2-3)c2ccc3c(c2)C(c2ccccc2)(c2ccccc2)c2ccccc2-3)c([2H])c([2H])c1-c1ccc2sc3ccccc3c2c1. The van der Waals surface area contributed by atoms with Gasteiger partial charge in [-0.3, -0.25) is 0 Å². The van der Waals surface area contributed by atoms with Crippen LogP contribution in [0.4, 0.5) is 17.1 Å². The molecule has 328 valence electrons. The van der Waals surface area contributed by atoms with Crippen molar-refractivity contribution in [2.45, 2.75) is 10.8 Å². The molecule has 1 nitrogen and oxygen atoms in total. The van der Waals surface area contributed by atoms with E-state index in [4.69, 9.17) is 0 Å². The fourth-order valence-corrected chi connectivity index (χ4v) is 13.1. The first-order valence-corrected chi connectivity index (χ1v) is 24.7. The third-order valence-electron chi connectivity index (χ3n) is 14.9. The van der Waals surface area contributed by atoms with Crippen molar-refractivity contribution in [1.82, 2.24) is 0 Å². The molecule has 0 N–H and O–H groups in total. The third kappa shape index (κ3) is 5.90. The van der Waals surface area contributed by atoms with Crippen molar-refractivity contribution in [1.29, 1.82) is 0 Å². The predicted octanol–water partition coefficient (Wildman–Crippen LogP) is 17.9. The van der Waals surface area contributed by atoms with Crippen LogP contribution in [0.3, 0.4) is 0 Å². The summed E-state index contributed by atoms with van der Waals surface area (Å²) in [6, 6.07) is 87.1. The Bertz CT molecular complexity index is 3900. The molecule has 2 aliphatic rings. The van der Waals surface area contributed by atoms with E-state index >= 15 is 0 Å². The Morgan fingerprint density at radius 1 is 0.300 bits per heavy atom. The molecule has 0 radical (unpaired) electrons. The van der Waals surface area contributed by atoms with Crippen LogP contribution in [0.2, 0.25) is 0 Å². The Balaban J connectivity index is 1.06. The Morgan fingerprint density at radius 3 is 1.21 bits per heavy atom. The number of hydrogen-bond donors (Lipinski definition) is 0. The van der Waals surface area contributed by atoms with Gasteiger partial charge >= 0.3 is 0 Å². The fraction of sp³-hybridized carbons (Fsp3) is 0.0294. The Kier molecular flexibility index (Phi) is 8.35. The van der Waals surface area contributed by atoms with Crippen molar-refractivity contribution in [3.8, 4) is 33.4 Å². The minimum Gasteiger partial charge on any atom is -0.310 e. The van der Waals surface area contributed by atoms with Crippen molar-refractivity contribution in [2.75, 3.05) is 4.90 Å². The van der Waals surface area contributed by atoms with Crippen LogP contribution in [0.1, 0.15) is 50.0 Å². The normalized spacial score (nSPS) is 14.5. The molecule has 0 fully saturated rings. The molecule has 0 amide bonds. The first-order valence-electron chi connectivity index (χ1n) is 25.9. The molecule has 1 heterocycles. The summed E-state index contributed by atoms with van der Waals surface area (Å²) < 4.78 is 42.5. The van der Waals surface area contributed by atoms with Gasteiger partial charge in [-0.2, -0.15) is 0 Å². The molecular weight excluding hydrogens is 863 g/mol. The number of benzene rings is 11. The summed E-state index contributed by atoms with van der Waals surface area (Å²) in [5, 5.41) is 2.14. The number of hydrogen-bond acceptors (Lipinski definition) is 2. The first kappa shape index (κ1) is 36.5. The van der Waals surface area contributed by atoms with Gasteiger partial charge in [-0.05, 0) is 132 Å². The second-order valence-corrected chi connectivity index (χ2v) is 19.5. The van der Waals surface area contributed by atoms with Gasteiger partial charge in [0, 0.05) is 37.2 Å². The minimum atomic E-state index is -0.728. The highest BCUT2D eigenvalue weighted by atomic mass is 32.1. The maximum absolute atomic E-state index is 10.2. The fourth-order valence-electron chi connectivity index (χ4n) is 12.0. The van der Waals surface area contributed by atoms with Gasteiger partial charge in [0.2, 0.25) is 0 Å². The van der Waals surface area contributed by atoms with Gasteiger partial charge in [-0.25, -0.2) is 0 Å². The van der Waals surface area contributed by atoms with E-state index in [9.17, 15) is 5.48 Å². The maximum Gasteiger partial charge on any atom is 0.0714 e. The summed E-state index contributed by atoms with van der Waals surface area (Å²) in [4.78, 5) is 1.99. The lowest BCUT2D eigenvalue weighted by Gasteiger charge is -2.36. The molecule has 0 atom stereocenters. The van der Waals surface area contributed by atoms with E-state index in [1.54, 1.807) is 11.3 Å². The van der Waals surface area contributed by atoms with Gasteiger partial charge in [0.05, 0.1) is 16.3 Å². The maximum atomic E-state index is 10.2. The molecule has 0 spiro atoms. The number of rotatable bonds is 8. The van der Waals surface area contributed by atoms with Crippen molar-refractivity contribution < 1.29 is 5.48 Å². The van der Waals surface area contributed by atoms with Crippen molar-refractivity contribution in [3.63, 3.8) is 0 Å². The van der Waals surface area contributed by atoms with Gasteiger partial charge in [0.25, 0.3) is 0 Å². The van der Waals surface area contributed by atoms with Crippen LogP contribution < -0.4 is 4.90 Å². The second kappa shape index (κ2) is 16.0. The highest BCUT2D eigenvalue weighted by Gasteiger charge is 2.48. The van der Waals surface area contributed by atoms with Gasteiger partial charge in [0.1, 0.15) is 0 Å². The lowest BCUT2D eigenvalue weighted by atomic mass is 9.67. The van der Waals surface area contributed by atoms with E-state index in [0.717, 1.165) is 75.8 Å². The topological polar surface area (TPSA) is 3.24 Å². The van der Waals surface area contributed by atoms with Crippen LogP contribution >= 0.6 is 11.3 Å². The number of nitrogens with zero attached hydrogens (tertiary/aromatic N) is 1. The second-order valence-electron chi connectivity index (χ2n) is 18.4. The summed E-state index contributed by atoms with van der Waals surface area (Å²) in [6.45, 7) is 0. The average molecular weight is 912 g/mol. The van der Waals surface area contributed by atoms with Crippen LogP contribution in [0.5, 0.6) is 0 Å². The molecule has 2 heteroatoms. The Labute approximate surface area is 418 Å². The van der Waals surface area contributed by atoms with E-state index in [0.29, 0.717) is 16.9 Å². The molecule has 0 aliphatic heterocycles. The van der Waals surface area contributed by atoms with Crippen molar-refractivity contribution in [2.24, 2.45) is 0 Å². The van der Waals surface area contributed by atoms with Gasteiger partial charge < -0.3 is 4.90 Å². The molecule has 0 unspecified atom stereocenters. The lowest BCUT2D eigenvalue weighted by molar-refractivity contribution is 0.767. The van der Waals surface area contributed by atoms with Crippen LogP contribution in [-0.2, 0) is 10.8 Å². The predicted molar refractivity (Wildman–Crippen MR) is 294 cm³/mol. The van der Waals surface area contributed by atoms with E-state index in [1.165, 1.54) is 11.1 Å². The highest BCUT2D eigenvalue weighted by Crippen LogP contribution is 2.59. The minimum absolute atomic E-state index is 0.0992. The largest absolute Gasteiger partial charge is 0.310 e. The number of thiophene rings is 1. The van der Waals surface area contributed by atoms with E-state index in [1.807, 2.05) is 35.2 Å². The zero-order valence-corrected chi connectivity index (χ0v) is 38.8. The molecule has 14 rings (SSSR count). The van der Waals surface area contributed by atoms with E-state index in [2.05, 4.69) is 218 Å². The van der Waals surface area contributed by atoms with Crippen LogP contribution in [-0.4, -0.2) is 0 Å². The third-order valence-corrected chi connectivity index (χ3v) is 16.1. The molecule has 0 saturated carbocycles. The summed E-state index contributed by atoms with van der Waals surface area (Å²) >= 11 is 1.71. The Hall–Kier alpha value is -8.56. The van der Waals surface area contributed by atoms with Crippen molar-refractivity contribution in [3.05, 3.63) is 317 Å².